The van der Waals surface area contributed by atoms with Crippen molar-refractivity contribution in [2.75, 3.05) is 30.3 Å². The van der Waals surface area contributed by atoms with E-state index < -0.39 is 22.0 Å². The second kappa shape index (κ2) is 12.1. The molecule has 0 radical (unpaired) electrons. The Morgan fingerprint density at radius 2 is 1.98 bits per heavy atom. The zero-order valence-corrected chi connectivity index (χ0v) is 24.8. The first-order valence-corrected chi connectivity index (χ1v) is 16.4. The number of aliphatic hydroxyl groups is 1. The van der Waals surface area contributed by atoms with Crippen LogP contribution in [0, 0.1) is 17.8 Å². The molecule has 1 fully saturated rings. The highest BCUT2D eigenvalue weighted by Crippen LogP contribution is 2.42. The fourth-order valence-electron chi connectivity index (χ4n) is 6.29. The van der Waals surface area contributed by atoms with E-state index in [-0.39, 0.29) is 35.0 Å². The molecule has 0 spiro atoms. The van der Waals surface area contributed by atoms with Gasteiger partial charge in [-0.3, -0.25) is 4.79 Å². The van der Waals surface area contributed by atoms with E-state index in [0.717, 1.165) is 36.4 Å². The van der Waals surface area contributed by atoms with Crippen molar-refractivity contribution in [3.05, 3.63) is 70.3 Å². The van der Waals surface area contributed by atoms with Crippen molar-refractivity contribution in [2.24, 2.45) is 17.8 Å². The highest BCUT2D eigenvalue weighted by molar-refractivity contribution is 7.90. The number of rotatable bonds is 3. The molecule has 40 heavy (non-hydrogen) atoms. The first kappa shape index (κ1) is 29.0. The second-order valence-electron chi connectivity index (χ2n) is 11.7. The lowest BCUT2D eigenvalue weighted by Crippen LogP contribution is -2.44. The van der Waals surface area contributed by atoms with Crippen LogP contribution in [-0.4, -0.2) is 51.0 Å². The summed E-state index contributed by atoms with van der Waals surface area (Å²) in [6, 6.07) is 11.2. The fourth-order valence-corrected chi connectivity index (χ4v) is 7.85. The second-order valence-corrected chi connectivity index (χ2v) is 13.9. The number of hydrogen-bond donors (Lipinski definition) is 2. The Morgan fingerprint density at radius 3 is 2.73 bits per heavy atom. The zero-order chi connectivity index (χ0) is 28.4. The molecule has 7 nitrogen and oxygen atoms in total. The molecule has 2 heterocycles. The van der Waals surface area contributed by atoms with Gasteiger partial charge >= 0.3 is 0 Å². The maximum Gasteiger partial charge on any atom is 0.264 e. The molecule has 2 aliphatic heterocycles. The average Bonchev–Trinajstić information content (AvgIpc) is 3.05. The SMILES string of the molecule is CCCc1cc(Cl)ccc1C1COc2ccc3cc2N(C1)CC1CCC1C(O)/C=C/CC(C)CS(=O)(=O)NC3=O. The smallest absolute Gasteiger partial charge is 0.264 e. The molecule has 5 rings (SSSR count). The van der Waals surface area contributed by atoms with Crippen LogP contribution in [0.3, 0.4) is 0 Å². The molecule has 2 bridgehead atoms. The normalized spacial score (nSPS) is 29.2. The molecule has 1 amide bonds. The van der Waals surface area contributed by atoms with Gasteiger partial charge in [0.2, 0.25) is 10.0 Å². The van der Waals surface area contributed by atoms with Crippen molar-refractivity contribution in [1.82, 2.24) is 4.72 Å². The number of halogens is 1. The van der Waals surface area contributed by atoms with Crippen LogP contribution >= 0.6 is 11.6 Å². The van der Waals surface area contributed by atoms with Gasteiger partial charge < -0.3 is 14.7 Å². The number of amides is 1. The molecule has 5 atom stereocenters. The number of nitrogens with zero attached hydrogens (tertiary/aromatic N) is 1. The van der Waals surface area contributed by atoms with Crippen molar-refractivity contribution in [1.29, 1.82) is 0 Å². The Morgan fingerprint density at radius 1 is 1.15 bits per heavy atom. The minimum atomic E-state index is -3.83. The van der Waals surface area contributed by atoms with E-state index in [1.54, 1.807) is 18.2 Å². The summed E-state index contributed by atoms with van der Waals surface area (Å²) < 4.78 is 34.1. The summed E-state index contributed by atoms with van der Waals surface area (Å²) in [6.45, 7) is 5.83. The summed E-state index contributed by atoms with van der Waals surface area (Å²) in [5.74, 6) is 0.143. The van der Waals surface area contributed by atoms with Crippen molar-refractivity contribution < 1.29 is 23.1 Å². The number of allylic oxidation sites excluding steroid dienone is 1. The molecule has 1 aliphatic carbocycles. The van der Waals surface area contributed by atoms with E-state index in [4.69, 9.17) is 16.3 Å². The summed E-state index contributed by atoms with van der Waals surface area (Å²) >= 11 is 6.36. The number of anilines is 1. The summed E-state index contributed by atoms with van der Waals surface area (Å²) in [6.07, 6.45) is 7.50. The Labute approximate surface area is 242 Å². The number of nitrogens with one attached hydrogen (secondary N) is 1. The molecule has 0 saturated heterocycles. The Balaban J connectivity index is 1.53. The molecule has 9 heteroatoms. The lowest BCUT2D eigenvalue weighted by atomic mass is 9.70. The third-order valence-corrected chi connectivity index (χ3v) is 10.2. The topological polar surface area (TPSA) is 95.9 Å². The minimum absolute atomic E-state index is 0.0688. The number of fused-ring (bicyclic) bond motifs is 2. The molecule has 2 aromatic rings. The molecule has 2 aromatic carbocycles. The highest BCUT2D eigenvalue weighted by Gasteiger charge is 2.38. The lowest BCUT2D eigenvalue weighted by Gasteiger charge is -2.42. The van der Waals surface area contributed by atoms with Crippen LogP contribution in [0.15, 0.2) is 48.6 Å². The van der Waals surface area contributed by atoms with Crippen LogP contribution < -0.4 is 14.4 Å². The standard InChI is InChI=1S/C31H39ClN2O5S/c1-3-5-21-14-25(32)10-12-26(21)24-17-34-16-23-8-11-27(23)29(35)7-4-6-20(2)19-40(37,38)33-31(36)22-9-13-30(39-18-24)28(34)15-22/h4,7,9-10,12-15,20,23-24,27,29,35H,3,5-6,8,11,16-19H2,1-2H3,(H,33,36)/b7-4+. The van der Waals surface area contributed by atoms with Crippen LogP contribution in [-0.2, 0) is 16.4 Å². The van der Waals surface area contributed by atoms with Gasteiger partial charge in [-0.1, -0.05) is 50.1 Å². The number of sulfonamides is 1. The molecular weight excluding hydrogens is 548 g/mol. The van der Waals surface area contributed by atoms with Gasteiger partial charge in [0.05, 0.1) is 24.2 Å². The van der Waals surface area contributed by atoms with Gasteiger partial charge in [-0.05, 0) is 84.9 Å². The van der Waals surface area contributed by atoms with Gasteiger partial charge in [-0.25, -0.2) is 13.1 Å². The zero-order valence-electron chi connectivity index (χ0n) is 23.2. The largest absolute Gasteiger partial charge is 0.491 e. The van der Waals surface area contributed by atoms with E-state index in [9.17, 15) is 18.3 Å². The Hall–Kier alpha value is -2.55. The van der Waals surface area contributed by atoms with E-state index in [1.807, 2.05) is 31.2 Å². The first-order chi connectivity index (χ1) is 19.1. The molecule has 1 saturated carbocycles. The Kier molecular flexibility index (Phi) is 8.78. The maximum atomic E-state index is 13.1. The molecule has 0 aromatic heterocycles. The quantitative estimate of drug-likeness (QED) is 0.473. The minimum Gasteiger partial charge on any atom is -0.491 e. The van der Waals surface area contributed by atoms with Gasteiger partial charge in [0, 0.05) is 29.6 Å². The van der Waals surface area contributed by atoms with E-state index in [1.165, 1.54) is 11.1 Å². The third kappa shape index (κ3) is 6.50. The van der Waals surface area contributed by atoms with Gasteiger partial charge in [0.15, 0.2) is 0 Å². The molecule has 5 unspecified atom stereocenters. The summed E-state index contributed by atoms with van der Waals surface area (Å²) in [7, 11) is -3.83. The van der Waals surface area contributed by atoms with Crippen LogP contribution in [0.4, 0.5) is 5.69 Å². The van der Waals surface area contributed by atoms with E-state index >= 15 is 0 Å². The molecule has 216 valence electrons. The monoisotopic (exact) mass is 586 g/mol. The van der Waals surface area contributed by atoms with Gasteiger partial charge in [0.25, 0.3) is 5.91 Å². The third-order valence-electron chi connectivity index (χ3n) is 8.50. The maximum absolute atomic E-state index is 13.1. The molecule has 2 N–H and O–H groups in total. The van der Waals surface area contributed by atoms with Crippen LogP contribution in [0.5, 0.6) is 5.75 Å². The van der Waals surface area contributed by atoms with Crippen LogP contribution in [0.2, 0.25) is 5.02 Å². The van der Waals surface area contributed by atoms with Gasteiger partial charge in [0.1, 0.15) is 5.75 Å². The van der Waals surface area contributed by atoms with Crippen molar-refractivity contribution >= 4 is 33.2 Å². The highest BCUT2D eigenvalue weighted by atomic mass is 35.5. The predicted molar refractivity (Wildman–Crippen MR) is 159 cm³/mol. The first-order valence-electron chi connectivity index (χ1n) is 14.3. The molecular formula is C31H39ClN2O5S. The van der Waals surface area contributed by atoms with E-state index in [0.29, 0.717) is 31.9 Å². The number of ether oxygens (including phenoxy) is 1. The number of carbonyl (C=O) groups excluding carboxylic acids is 1. The molecule has 3 aliphatic rings. The Bertz CT molecular complexity index is 1380. The number of carbonyl (C=O) groups is 1. The van der Waals surface area contributed by atoms with E-state index in [2.05, 4.69) is 22.6 Å². The van der Waals surface area contributed by atoms with Crippen molar-refractivity contribution in [3.63, 3.8) is 0 Å². The summed E-state index contributed by atoms with van der Waals surface area (Å²) in [5, 5.41) is 11.7. The number of aryl methyl sites for hydroxylation is 1. The summed E-state index contributed by atoms with van der Waals surface area (Å²) in [4.78, 5) is 15.4. The number of benzene rings is 2. The van der Waals surface area contributed by atoms with Crippen molar-refractivity contribution in [3.8, 4) is 5.75 Å². The van der Waals surface area contributed by atoms with Crippen LogP contribution in [0.25, 0.3) is 0 Å². The average molecular weight is 587 g/mol. The van der Waals surface area contributed by atoms with Gasteiger partial charge in [-0.2, -0.15) is 0 Å². The predicted octanol–water partition coefficient (Wildman–Crippen LogP) is 5.32. The lowest BCUT2D eigenvalue weighted by molar-refractivity contribution is 0.0461. The summed E-state index contributed by atoms with van der Waals surface area (Å²) in [5.41, 5.74) is 3.47. The van der Waals surface area contributed by atoms with Crippen molar-refractivity contribution in [2.45, 2.75) is 58.0 Å². The van der Waals surface area contributed by atoms with Crippen LogP contribution in [0.1, 0.15) is 66.9 Å². The fraction of sp³-hybridized carbons (Fsp3) is 0.516. The number of aliphatic hydroxyl groups excluding tert-OH is 1. The van der Waals surface area contributed by atoms with Gasteiger partial charge in [-0.15, -0.1) is 0 Å². The number of hydrogen-bond acceptors (Lipinski definition) is 6.